The third-order valence-corrected chi connectivity index (χ3v) is 5.52. The van der Waals surface area contributed by atoms with Crippen LogP contribution >= 0.6 is 31.9 Å². The molecule has 2 rings (SSSR count). The average molecular weight is 380 g/mol. The van der Waals surface area contributed by atoms with Crippen LogP contribution in [0.15, 0.2) is 24.3 Å². The van der Waals surface area contributed by atoms with E-state index in [4.69, 9.17) is 4.74 Å². The van der Waals surface area contributed by atoms with Gasteiger partial charge in [0.25, 0.3) is 0 Å². The minimum Gasteiger partial charge on any atom is -0.380 e. The lowest BCUT2D eigenvalue weighted by atomic mass is 9.85. The smallest absolute Gasteiger partial charge is 0.123 e. The van der Waals surface area contributed by atoms with Crippen molar-refractivity contribution in [3.05, 3.63) is 35.6 Å². The minimum atomic E-state index is -0.197. The third-order valence-electron chi connectivity index (χ3n) is 3.38. The number of ether oxygens (including phenoxy) is 1. The number of alkyl halides is 2. The van der Waals surface area contributed by atoms with Gasteiger partial charge in [0.05, 0.1) is 6.61 Å². The van der Waals surface area contributed by atoms with Gasteiger partial charge in [0.1, 0.15) is 5.82 Å². The first-order valence-corrected chi connectivity index (χ1v) is 8.40. The Morgan fingerprint density at radius 3 is 2.56 bits per heavy atom. The molecule has 4 heteroatoms. The van der Waals surface area contributed by atoms with Crippen LogP contribution in [0.2, 0.25) is 0 Å². The van der Waals surface area contributed by atoms with E-state index in [1.54, 1.807) is 12.1 Å². The predicted molar refractivity (Wildman–Crippen MR) is 79.2 cm³/mol. The summed E-state index contributed by atoms with van der Waals surface area (Å²) in [6.07, 6.45) is 2.57. The normalized spacial score (nSPS) is 15.9. The molecule has 0 aliphatic heterocycles. The molecule has 0 atom stereocenters. The Balaban J connectivity index is 2.08. The van der Waals surface area contributed by atoms with Crippen molar-refractivity contribution in [2.45, 2.75) is 18.3 Å². The highest BCUT2D eigenvalue weighted by Crippen LogP contribution is 2.32. The molecule has 0 spiro atoms. The Bertz CT molecular complexity index is 389. The van der Waals surface area contributed by atoms with Crippen molar-refractivity contribution in [2.75, 3.05) is 23.9 Å². The molecule has 0 unspecified atom stereocenters. The summed E-state index contributed by atoms with van der Waals surface area (Å²) < 4.78 is 19.2. The summed E-state index contributed by atoms with van der Waals surface area (Å²) in [6, 6.07) is 6.79. The Morgan fingerprint density at radius 1 is 1.28 bits per heavy atom. The lowest BCUT2D eigenvalue weighted by Gasteiger charge is -2.30. The van der Waals surface area contributed by atoms with Gasteiger partial charge in [-0.05, 0) is 36.5 Å². The molecule has 0 amide bonds. The number of benzene rings is 1. The van der Waals surface area contributed by atoms with Crippen LogP contribution in [0, 0.1) is 11.7 Å². The van der Waals surface area contributed by atoms with Gasteiger partial charge in [0.2, 0.25) is 0 Å². The van der Waals surface area contributed by atoms with Crippen LogP contribution in [0.4, 0.5) is 4.39 Å². The zero-order valence-electron chi connectivity index (χ0n) is 10.2. The van der Waals surface area contributed by atoms with Gasteiger partial charge in [-0.15, -0.1) is 0 Å². The van der Waals surface area contributed by atoms with E-state index in [2.05, 4.69) is 31.9 Å². The lowest BCUT2D eigenvalue weighted by Crippen LogP contribution is -2.36. The van der Waals surface area contributed by atoms with E-state index in [1.165, 1.54) is 18.9 Å². The molecule has 100 valence electrons. The first-order chi connectivity index (χ1) is 8.70. The fourth-order valence-corrected chi connectivity index (χ4v) is 3.77. The van der Waals surface area contributed by atoms with Crippen LogP contribution in [0.3, 0.4) is 0 Å². The SMILES string of the molecule is Fc1cccc(C(CBr)(CBr)COCC2CC2)c1. The summed E-state index contributed by atoms with van der Waals surface area (Å²) in [4.78, 5) is 0. The standard InChI is InChI=1S/C14H17Br2FO/c15-8-14(9-16,10-18-7-11-4-5-11)12-2-1-3-13(17)6-12/h1-3,6,11H,4-5,7-10H2. The van der Waals surface area contributed by atoms with Crippen molar-refractivity contribution in [2.24, 2.45) is 5.92 Å². The highest BCUT2D eigenvalue weighted by Gasteiger charge is 2.32. The zero-order valence-corrected chi connectivity index (χ0v) is 13.3. The molecule has 0 N–H and O–H groups in total. The van der Waals surface area contributed by atoms with Crippen LogP contribution in [-0.4, -0.2) is 23.9 Å². The van der Waals surface area contributed by atoms with Crippen molar-refractivity contribution >= 4 is 31.9 Å². The summed E-state index contributed by atoms with van der Waals surface area (Å²) in [6.45, 7) is 1.44. The van der Waals surface area contributed by atoms with E-state index >= 15 is 0 Å². The highest BCUT2D eigenvalue weighted by molar-refractivity contribution is 9.09. The topological polar surface area (TPSA) is 9.23 Å². The first kappa shape index (κ1) is 14.5. The van der Waals surface area contributed by atoms with Gasteiger partial charge in [-0.25, -0.2) is 4.39 Å². The minimum absolute atomic E-state index is 0.194. The highest BCUT2D eigenvalue weighted by atomic mass is 79.9. The van der Waals surface area contributed by atoms with Crippen LogP contribution < -0.4 is 0 Å². The number of rotatable bonds is 7. The molecule has 0 saturated heterocycles. The maximum Gasteiger partial charge on any atom is 0.123 e. The van der Waals surface area contributed by atoms with Gasteiger partial charge in [-0.2, -0.15) is 0 Å². The summed E-state index contributed by atoms with van der Waals surface area (Å²) in [5, 5.41) is 1.50. The second-order valence-electron chi connectivity index (χ2n) is 5.02. The van der Waals surface area contributed by atoms with Crippen LogP contribution in [0.25, 0.3) is 0 Å². The summed E-state index contributed by atoms with van der Waals surface area (Å²) in [7, 11) is 0. The molecule has 1 nitrogen and oxygen atoms in total. The Labute approximate surface area is 124 Å². The van der Waals surface area contributed by atoms with E-state index in [-0.39, 0.29) is 11.2 Å². The van der Waals surface area contributed by atoms with Crippen LogP contribution in [-0.2, 0) is 10.2 Å². The van der Waals surface area contributed by atoms with Gasteiger partial charge < -0.3 is 4.74 Å². The molecular weight excluding hydrogens is 363 g/mol. The summed E-state index contributed by atoms with van der Waals surface area (Å²) in [5.41, 5.74) is 0.781. The second kappa shape index (κ2) is 6.49. The van der Waals surface area contributed by atoms with E-state index < -0.39 is 0 Å². The van der Waals surface area contributed by atoms with E-state index in [0.29, 0.717) is 6.61 Å². The summed E-state index contributed by atoms with van der Waals surface area (Å²) >= 11 is 7.09. The molecule has 0 radical (unpaired) electrons. The van der Waals surface area contributed by atoms with Gasteiger partial charge in [0, 0.05) is 22.7 Å². The maximum absolute atomic E-state index is 13.4. The van der Waals surface area contributed by atoms with Crippen molar-refractivity contribution < 1.29 is 9.13 Å². The van der Waals surface area contributed by atoms with E-state index in [0.717, 1.165) is 28.7 Å². The van der Waals surface area contributed by atoms with Gasteiger partial charge in [-0.3, -0.25) is 0 Å². The largest absolute Gasteiger partial charge is 0.380 e. The summed E-state index contributed by atoms with van der Waals surface area (Å²) in [5.74, 6) is 0.557. The predicted octanol–water partition coefficient (Wildman–Crippen LogP) is 4.28. The Hall–Kier alpha value is 0.0700. The number of hydrogen-bond acceptors (Lipinski definition) is 1. The van der Waals surface area contributed by atoms with Crippen molar-refractivity contribution in [1.29, 1.82) is 0 Å². The molecule has 1 fully saturated rings. The van der Waals surface area contributed by atoms with Gasteiger partial charge in [0.15, 0.2) is 0 Å². The first-order valence-electron chi connectivity index (χ1n) is 6.16. The molecular formula is C14H17Br2FO. The molecule has 0 aromatic heterocycles. The molecule has 0 bridgehead atoms. The van der Waals surface area contributed by atoms with E-state index in [1.807, 2.05) is 6.07 Å². The molecule has 1 aliphatic rings. The Kier molecular flexibility index (Phi) is 5.22. The molecule has 1 aromatic rings. The average Bonchev–Trinajstić information content (AvgIpc) is 3.19. The zero-order chi connectivity index (χ0) is 13.0. The van der Waals surface area contributed by atoms with Crippen LogP contribution in [0.5, 0.6) is 0 Å². The Morgan fingerprint density at radius 2 is 2.00 bits per heavy atom. The molecule has 1 aliphatic carbocycles. The van der Waals surface area contributed by atoms with E-state index in [9.17, 15) is 4.39 Å². The molecule has 0 heterocycles. The van der Waals surface area contributed by atoms with Gasteiger partial charge >= 0.3 is 0 Å². The fourth-order valence-electron chi connectivity index (χ4n) is 1.87. The monoisotopic (exact) mass is 378 g/mol. The molecule has 18 heavy (non-hydrogen) atoms. The third kappa shape index (κ3) is 3.55. The van der Waals surface area contributed by atoms with Gasteiger partial charge in [-0.1, -0.05) is 44.0 Å². The van der Waals surface area contributed by atoms with Crippen molar-refractivity contribution in [3.63, 3.8) is 0 Å². The maximum atomic E-state index is 13.4. The number of hydrogen-bond donors (Lipinski definition) is 0. The quantitative estimate of drug-likeness (QED) is 0.642. The second-order valence-corrected chi connectivity index (χ2v) is 6.14. The lowest BCUT2D eigenvalue weighted by molar-refractivity contribution is 0.0904. The van der Waals surface area contributed by atoms with Crippen molar-refractivity contribution in [3.8, 4) is 0 Å². The van der Waals surface area contributed by atoms with Crippen LogP contribution in [0.1, 0.15) is 18.4 Å². The van der Waals surface area contributed by atoms with Crippen molar-refractivity contribution in [1.82, 2.24) is 0 Å². The molecule has 1 saturated carbocycles. The fraction of sp³-hybridized carbons (Fsp3) is 0.571. The number of halogens is 3. The molecule has 1 aromatic carbocycles.